The van der Waals surface area contributed by atoms with Gasteiger partial charge in [0.1, 0.15) is 25.3 Å². The predicted octanol–water partition coefficient (Wildman–Crippen LogP) is 16.4. The van der Waals surface area contributed by atoms with Crippen LogP contribution in [-0.4, -0.2) is 138 Å². The summed E-state index contributed by atoms with van der Waals surface area (Å²) >= 11 is 0. The van der Waals surface area contributed by atoms with Crippen LogP contribution in [0.25, 0.3) is 0 Å². The number of rotatable bonds is 61. The van der Waals surface area contributed by atoms with Gasteiger partial charge in [-0.2, -0.15) is 0 Å². The van der Waals surface area contributed by atoms with Gasteiger partial charge in [0.2, 0.25) is 0 Å². The molecule has 0 aromatic heterocycles. The first kappa shape index (κ1) is 69.7. The molecule has 0 aliphatic heterocycles. The molecular weight excluding hydrogens is 869 g/mol. The van der Waals surface area contributed by atoms with Gasteiger partial charge in [0.15, 0.2) is 0 Å². The summed E-state index contributed by atoms with van der Waals surface area (Å²) in [5.41, 5.74) is 0. The molecule has 0 fully saturated rings. The lowest BCUT2D eigenvalue weighted by Gasteiger charge is -2.36. The van der Waals surface area contributed by atoms with Crippen LogP contribution < -0.4 is 0 Å². The Morgan fingerprint density at radius 3 is 0.629 bits per heavy atom. The maximum Gasteiger partial charge on any atom is 0.126 e. The summed E-state index contributed by atoms with van der Waals surface area (Å²) in [5, 5.41) is 22.2. The minimum atomic E-state index is -0.458. The maximum absolute atomic E-state index is 11.1. The molecule has 2 N–H and O–H groups in total. The van der Waals surface area contributed by atoms with Crippen molar-refractivity contribution in [3.05, 3.63) is 0 Å². The maximum atomic E-state index is 11.1. The van der Waals surface area contributed by atoms with Crippen LogP contribution in [-0.2, 0) is 18.9 Å². The summed E-state index contributed by atoms with van der Waals surface area (Å²) in [4.78, 5) is 0. The molecule has 0 saturated carbocycles. The Morgan fingerprint density at radius 1 is 0.257 bits per heavy atom. The highest BCUT2D eigenvalue weighted by Gasteiger charge is 2.26. The van der Waals surface area contributed by atoms with Crippen molar-refractivity contribution in [1.82, 2.24) is 0 Å². The van der Waals surface area contributed by atoms with Crippen LogP contribution in [0.2, 0.25) is 0 Å². The normalized spacial score (nSPS) is 13.2. The zero-order valence-electron chi connectivity index (χ0n) is 48.8. The Bertz CT molecular complexity index is 864. The Balaban J connectivity index is 4.43. The summed E-state index contributed by atoms with van der Waals surface area (Å²) in [7, 11) is 4.74. The molecule has 0 spiro atoms. The fraction of sp³-hybridized carbons (Fsp3) is 1.00. The van der Waals surface area contributed by atoms with E-state index in [1.807, 2.05) is 0 Å². The summed E-state index contributed by atoms with van der Waals surface area (Å²) < 4.78 is 25.3. The van der Waals surface area contributed by atoms with Gasteiger partial charge in [-0.05, 0) is 51.4 Å². The summed E-state index contributed by atoms with van der Waals surface area (Å²) in [5.74, 6) is 0. The highest BCUT2D eigenvalue weighted by molar-refractivity contribution is 4.59. The second kappa shape index (κ2) is 54.9. The smallest absolute Gasteiger partial charge is 0.126 e. The number of ether oxygens (including phenoxy) is 4. The van der Waals surface area contributed by atoms with E-state index in [0.717, 1.165) is 48.2 Å². The fourth-order valence-electron chi connectivity index (χ4n) is 10.6. The van der Waals surface area contributed by atoms with Crippen molar-refractivity contribution in [2.24, 2.45) is 0 Å². The molecule has 0 aliphatic carbocycles. The first-order valence-corrected chi connectivity index (χ1v) is 31.6. The molecule has 422 valence electrons. The standard InChI is InChI=1S/C62H130N2O6/c1-7-11-15-19-23-27-31-35-39-43-47-63(5,48-44-40-36-32-28-24-20-16-12-8-2)57-61(65)59-69-55-53-67-51-52-68-54-56-70-60-62(66)58-64(6,49-45-41-37-33-29-25-21-17-13-9-3)50-46-42-38-34-30-26-22-18-14-10-4/h61-62,65-66H,7-60H2,1-6H3/q+2. The van der Waals surface area contributed by atoms with E-state index < -0.39 is 12.2 Å². The quantitative estimate of drug-likeness (QED) is 0.0467. The first-order valence-electron chi connectivity index (χ1n) is 31.6. The van der Waals surface area contributed by atoms with Crippen LogP contribution in [0, 0.1) is 0 Å². The van der Waals surface area contributed by atoms with Crippen molar-refractivity contribution < 1.29 is 38.1 Å². The minimum Gasteiger partial charge on any atom is -0.385 e. The number of aliphatic hydroxyl groups excluding tert-OH is 2. The van der Waals surface area contributed by atoms with E-state index in [0.29, 0.717) is 52.9 Å². The number of aliphatic hydroxyl groups is 2. The Labute approximate surface area is 439 Å². The third-order valence-electron chi connectivity index (χ3n) is 15.2. The van der Waals surface area contributed by atoms with Gasteiger partial charge in [0.25, 0.3) is 0 Å². The number of nitrogens with zero attached hydrogens (tertiary/aromatic N) is 2. The van der Waals surface area contributed by atoms with Crippen molar-refractivity contribution in [3.63, 3.8) is 0 Å². The monoisotopic (exact) mass is 999 g/mol. The van der Waals surface area contributed by atoms with E-state index in [4.69, 9.17) is 18.9 Å². The van der Waals surface area contributed by atoms with Gasteiger partial charge in [-0.1, -0.05) is 233 Å². The van der Waals surface area contributed by atoms with Gasteiger partial charge in [-0.3, -0.25) is 0 Å². The van der Waals surface area contributed by atoms with Gasteiger partial charge >= 0.3 is 0 Å². The summed E-state index contributed by atoms with van der Waals surface area (Å²) in [6.07, 6.45) is 53.4. The molecule has 0 amide bonds. The van der Waals surface area contributed by atoms with E-state index in [-0.39, 0.29) is 0 Å². The van der Waals surface area contributed by atoms with Crippen LogP contribution in [0.4, 0.5) is 0 Å². The Morgan fingerprint density at radius 2 is 0.429 bits per heavy atom. The van der Waals surface area contributed by atoms with Crippen LogP contribution in [0.1, 0.15) is 285 Å². The SMILES string of the molecule is CCCCCCCCCCCC[N+](C)(CCCCCCCCCCCC)CC(O)COCCOCCOCCOCC(O)C[N+](C)(CCCCCCCCCCCC)CCCCCCCCCCCC. The highest BCUT2D eigenvalue weighted by atomic mass is 16.6. The molecule has 2 unspecified atom stereocenters. The molecule has 0 aromatic rings. The van der Waals surface area contributed by atoms with Crippen LogP contribution in [0.5, 0.6) is 0 Å². The summed E-state index contributed by atoms with van der Waals surface area (Å²) in [6.45, 7) is 19.0. The average molecular weight is 1000 g/mol. The zero-order chi connectivity index (χ0) is 51.2. The van der Waals surface area contributed by atoms with Crippen molar-refractivity contribution in [1.29, 1.82) is 0 Å². The summed E-state index contributed by atoms with van der Waals surface area (Å²) in [6, 6.07) is 0. The number of likely N-dealkylation sites (N-methyl/N-ethyl adjacent to an activating group) is 2. The average Bonchev–Trinajstić information content (AvgIpc) is 3.34. The lowest BCUT2D eigenvalue weighted by atomic mass is 10.1. The van der Waals surface area contributed by atoms with Crippen molar-refractivity contribution in [2.75, 3.05) is 106 Å². The highest BCUT2D eigenvalue weighted by Crippen LogP contribution is 2.19. The Kier molecular flexibility index (Phi) is 54.7. The second-order valence-corrected chi connectivity index (χ2v) is 22.9. The number of hydrogen-bond acceptors (Lipinski definition) is 6. The topological polar surface area (TPSA) is 77.4 Å². The zero-order valence-corrected chi connectivity index (χ0v) is 48.8. The van der Waals surface area contributed by atoms with Gasteiger partial charge in [0, 0.05) is 0 Å². The molecule has 0 heterocycles. The Hall–Kier alpha value is -0.320. The third-order valence-corrected chi connectivity index (χ3v) is 15.2. The van der Waals surface area contributed by atoms with Gasteiger partial charge in [-0.25, -0.2) is 0 Å². The van der Waals surface area contributed by atoms with Gasteiger partial charge in [0.05, 0.1) is 93.1 Å². The molecule has 0 saturated heterocycles. The lowest BCUT2D eigenvalue weighted by Crippen LogP contribution is -2.51. The lowest BCUT2D eigenvalue weighted by molar-refractivity contribution is -0.913. The van der Waals surface area contributed by atoms with Crippen LogP contribution in [0.3, 0.4) is 0 Å². The van der Waals surface area contributed by atoms with Gasteiger partial charge < -0.3 is 38.1 Å². The molecule has 0 aromatic carbocycles. The molecule has 0 rings (SSSR count). The second-order valence-electron chi connectivity index (χ2n) is 22.9. The first-order chi connectivity index (χ1) is 34.2. The number of unbranched alkanes of at least 4 members (excludes halogenated alkanes) is 36. The molecule has 0 aliphatic rings. The molecule has 8 heteroatoms. The van der Waals surface area contributed by atoms with Gasteiger partial charge in [-0.15, -0.1) is 0 Å². The minimum absolute atomic E-state index is 0.365. The van der Waals surface area contributed by atoms with Crippen molar-refractivity contribution in [2.45, 2.75) is 297 Å². The molecule has 2 atom stereocenters. The van der Waals surface area contributed by atoms with Crippen LogP contribution >= 0.6 is 0 Å². The largest absolute Gasteiger partial charge is 0.385 e. The van der Waals surface area contributed by atoms with E-state index >= 15 is 0 Å². The van der Waals surface area contributed by atoms with Crippen molar-refractivity contribution >= 4 is 0 Å². The fourth-order valence-corrected chi connectivity index (χ4v) is 10.6. The van der Waals surface area contributed by atoms with E-state index in [9.17, 15) is 10.2 Å². The van der Waals surface area contributed by atoms with Crippen LogP contribution in [0.15, 0.2) is 0 Å². The predicted molar refractivity (Wildman–Crippen MR) is 304 cm³/mol. The molecule has 8 nitrogen and oxygen atoms in total. The van der Waals surface area contributed by atoms with E-state index in [2.05, 4.69) is 41.8 Å². The number of hydrogen-bond donors (Lipinski definition) is 2. The molecule has 0 radical (unpaired) electrons. The van der Waals surface area contributed by atoms with E-state index in [1.165, 1.54) is 257 Å². The van der Waals surface area contributed by atoms with E-state index in [1.54, 1.807) is 0 Å². The molecule has 70 heavy (non-hydrogen) atoms. The third kappa shape index (κ3) is 51.2. The number of quaternary nitrogens is 2. The molecule has 0 bridgehead atoms. The molecular formula is C62H130N2O6+2. The van der Waals surface area contributed by atoms with Crippen molar-refractivity contribution in [3.8, 4) is 0 Å².